The van der Waals surface area contributed by atoms with E-state index in [-0.39, 0.29) is 25.5 Å². The van der Waals surface area contributed by atoms with Gasteiger partial charge >= 0.3 is 6.09 Å². The first-order valence-corrected chi connectivity index (χ1v) is 11.4. The molecule has 1 saturated carbocycles. The lowest BCUT2D eigenvalue weighted by Gasteiger charge is -2.29. The van der Waals surface area contributed by atoms with Crippen molar-refractivity contribution in [3.8, 4) is 0 Å². The summed E-state index contributed by atoms with van der Waals surface area (Å²) in [6.45, 7) is -0.342. The molecule has 0 unspecified atom stereocenters. The van der Waals surface area contributed by atoms with E-state index in [1.807, 2.05) is 18.2 Å². The highest BCUT2D eigenvalue weighted by molar-refractivity contribution is 6.29. The lowest BCUT2D eigenvalue weighted by Crippen LogP contribution is -2.56. The number of carbonyl (C=O) groups excluding carboxylic acids is 4. The first-order valence-electron chi connectivity index (χ1n) is 10.9. The third kappa shape index (κ3) is 9.65. The minimum Gasteiger partial charge on any atom is -0.445 e. The maximum Gasteiger partial charge on any atom is 0.408 e. The number of halogens is 2. The van der Waals surface area contributed by atoms with Crippen LogP contribution >= 0.6 is 11.6 Å². The van der Waals surface area contributed by atoms with Crippen LogP contribution in [0.3, 0.4) is 0 Å². The van der Waals surface area contributed by atoms with E-state index in [9.17, 15) is 23.6 Å². The summed E-state index contributed by atoms with van der Waals surface area (Å²) in [7, 11) is 0. The molecule has 11 heteroatoms. The molecule has 0 spiro atoms. The highest BCUT2D eigenvalue weighted by atomic mass is 35.5. The van der Waals surface area contributed by atoms with Crippen molar-refractivity contribution in [1.29, 1.82) is 0 Å². The second-order valence-corrected chi connectivity index (χ2v) is 8.36. The van der Waals surface area contributed by atoms with Gasteiger partial charge in [0.1, 0.15) is 12.6 Å². The second-order valence-electron chi connectivity index (χ2n) is 7.98. The Kier molecular flexibility index (Phi) is 10.9. The molecule has 1 aromatic carbocycles. The summed E-state index contributed by atoms with van der Waals surface area (Å²) in [6, 6.07) is 8.00. The van der Waals surface area contributed by atoms with Crippen molar-refractivity contribution in [2.45, 2.75) is 63.2 Å². The first kappa shape index (κ1) is 26.4. The zero-order valence-electron chi connectivity index (χ0n) is 18.3. The maximum atomic E-state index is 13.4. The molecule has 2 atom stereocenters. The molecule has 0 heterocycles. The van der Waals surface area contributed by atoms with Gasteiger partial charge in [-0.3, -0.25) is 19.8 Å². The number of rotatable bonds is 10. The number of alkyl halides is 2. The van der Waals surface area contributed by atoms with Crippen LogP contribution in [0.1, 0.15) is 50.5 Å². The van der Waals surface area contributed by atoms with Gasteiger partial charge in [0, 0.05) is 6.42 Å². The van der Waals surface area contributed by atoms with Crippen molar-refractivity contribution >= 4 is 35.4 Å². The van der Waals surface area contributed by atoms with Crippen molar-refractivity contribution in [3.05, 3.63) is 35.9 Å². The summed E-state index contributed by atoms with van der Waals surface area (Å²) >= 11 is 5.23. The first-order chi connectivity index (χ1) is 15.8. The summed E-state index contributed by atoms with van der Waals surface area (Å²) < 4.78 is 18.6. The molecule has 4 N–H and O–H groups in total. The van der Waals surface area contributed by atoms with E-state index in [0.717, 1.165) is 37.7 Å². The Hall–Kier alpha value is -2.88. The number of hydrazine groups is 1. The van der Waals surface area contributed by atoms with Crippen LogP contribution in [0, 0.1) is 5.92 Å². The van der Waals surface area contributed by atoms with Crippen molar-refractivity contribution < 1.29 is 28.3 Å². The van der Waals surface area contributed by atoms with Crippen LogP contribution in [0.2, 0.25) is 0 Å². The average molecular weight is 485 g/mol. The SMILES string of the molecule is NC(=O)CCN(NC(=O)[C@H](CC1CCCCC1)NC(=O)OCc1ccccc1)C(=O)[C@H](F)Cl. The van der Waals surface area contributed by atoms with Crippen molar-refractivity contribution in [1.82, 2.24) is 15.8 Å². The minimum atomic E-state index is -2.42. The van der Waals surface area contributed by atoms with Gasteiger partial charge in [-0.25, -0.2) is 14.2 Å². The number of nitrogens with two attached hydrogens (primary N) is 1. The molecular weight excluding hydrogens is 455 g/mol. The van der Waals surface area contributed by atoms with Crippen LogP contribution in [0.5, 0.6) is 0 Å². The zero-order chi connectivity index (χ0) is 24.2. The predicted molar refractivity (Wildman–Crippen MR) is 119 cm³/mol. The number of carbonyl (C=O) groups is 4. The maximum absolute atomic E-state index is 13.4. The quantitative estimate of drug-likeness (QED) is 0.347. The van der Waals surface area contributed by atoms with Gasteiger partial charge in [0.2, 0.25) is 5.91 Å². The Morgan fingerprint density at radius 3 is 2.42 bits per heavy atom. The summed E-state index contributed by atoms with van der Waals surface area (Å²) in [4.78, 5) is 48.4. The number of hydrogen-bond donors (Lipinski definition) is 3. The third-order valence-electron chi connectivity index (χ3n) is 5.39. The van der Waals surface area contributed by atoms with Crippen molar-refractivity contribution in [2.75, 3.05) is 6.54 Å². The molecule has 33 heavy (non-hydrogen) atoms. The number of primary amides is 1. The van der Waals surface area contributed by atoms with Gasteiger partial charge in [0.05, 0.1) is 6.54 Å². The molecule has 9 nitrogen and oxygen atoms in total. The molecule has 1 aliphatic carbocycles. The van der Waals surface area contributed by atoms with E-state index in [2.05, 4.69) is 10.7 Å². The van der Waals surface area contributed by atoms with Gasteiger partial charge in [-0.05, 0) is 17.9 Å². The van der Waals surface area contributed by atoms with Gasteiger partial charge < -0.3 is 15.8 Å². The zero-order valence-corrected chi connectivity index (χ0v) is 19.1. The number of amides is 4. The molecule has 1 aliphatic rings. The van der Waals surface area contributed by atoms with Gasteiger partial charge in [-0.15, -0.1) is 0 Å². The number of benzene rings is 1. The molecule has 1 aromatic rings. The normalized spacial score (nSPS) is 15.7. The van der Waals surface area contributed by atoms with E-state index in [1.54, 1.807) is 12.1 Å². The van der Waals surface area contributed by atoms with Gasteiger partial charge in [-0.2, -0.15) is 0 Å². The number of alkyl carbamates (subject to hydrolysis) is 1. The molecule has 0 radical (unpaired) electrons. The lowest BCUT2D eigenvalue weighted by atomic mass is 9.84. The summed E-state index contributed by atoms with van der Waals surface area (Å²) in [6.07, 6.45) is 4.19. The number of hydrogen-bond acceptors (Lipinski definition) is 5. The molecule has 0 bridgehead atoms. The summed E-state index contributed by atoms with van der Waals surface area (Å²) in [5.41, 5.74) is 5.71. The van der Waals surface area contributed by atoms with E-state index in [4.69, 9.17) is 22.1 Å². The van der Waals surface area contributed by atoms with E-state index in [1.165, 1.54) is 0 Å². The summed E-state index contributed by atoms with van der Waals surface area (Å²) in [5, 5.41) is 3.15. The van der Waals surface area contributed by atoms with Crippen LogP contribution in [-0.4, -0.2) is 47.0 Å². The fourth-order valence-electron chi connectivity index (χ4n) is 3.67. The number of nitrogens with zero attached hydrogens (tertiary/aromatic N) is 1. The topological polar surface area (TPSA) is 131 Å². The molecule has 0 aromatic heterocycles. The second kappa shape index (κ2) is 13.6. The van der Waals surface area contributed by atoms with Crippen LogP contribution in [-0.2, 0) is 25.7 Å². The summed E-state index contributed by atoms with van der Waals surface area (Å²) in [5.74, 6) is -2.53. The largest absolute Gasteiger partial charge is 0.445 e. The molecule has 4 amide bonds. The molecule has 182 valence electrons. The Bertz CT molecular complexity index is 805. The Morgan fingerprint density at radius 2 is 1.82 bits per heavy atom. The number of nitrogens with one attached hydrogen (secondary N) is 2. The van der Waals surface area contributed by atoms with E-state index in [0.29, 0.717) is 11.4 Å². The smallest absolute Gasteiger partial charge is 0.408 e. The van der Waals surface area contributed by atoms with Crippen molar-refractivity contribution in [2.24, 2.45) is 11.7 Å². The minimum absolute atomic E-state index is 0.0173. The van der Waals surface area contributed by atoms with Gasteiger partial charge in [-0.1, -0.05) is 74.0 Å². The van der Waals surface area contributed by atoms with Gasteiger partial charge in [0.25, 0.3) is 17.4 Å². The van der Waals surface area contributed by atoms with Crippen LogP contribution < -0.4 is 16.5 Å². The lowest BCUT2D eigenvalue weighted by molar-refractivity contribution is -0.144. The van der Waals surface area contributed by atoms with E-state index < -0.39 is 35.5 Å². The standard InChI is InChI=1S/C22H30ClFN4O5/c23-19(24)21(31)28(12-11-18(25)29)27-20(30)17(13-15-7-3-1-4-8-15)26-22(32)33-14-16-9-5-2-6-10-16/h2,5-6,9-10,15,17,19H,1,3-4,7-8,11-14H2,(H2,25,29)(H,26,32)(H,27,30)/t17-,19-/m0/s1. The average Bonchev–Trinajstić information content (AvgIpc) is 2.80. The number of ether oxygens (including phenoxy) is 1. The van der Waals surface area contributed by atoms with E-state index >= 15 is 0 Å². The fourth-order valence-corrected chi connectivity index (χ4v) is 3.78. The highest BCUT2D eigenvalue weighted by Crippen LogP contribution is 2.27. The monoisotopic (exact) mass is 484 g/mol. The highest BCUT2D eigenvalue weighted by Gasteiger charge is 2.30. The van der Waals surface area contributed by atoms with Crippen LogP contribution in [0.4, 0.5) is 9.18 Å². The van der Waals surface area contributed by atoms with Crippen LogP contribution in [0.25, 0.3) is 0 Å². The Morgan fingerprint density at radius 1 is 1.15 bits per heavy atom. The van der Waals surface area contributed by atoms with Crippen molar-refractivity contribution in [3.63, 3.8) is 0 Å². The van der Waals surface area contributed by atoms with Crippen LogP contribution in [0.15, 0.2) is 30.3 Å². The molecule has 2 rings (SSSR count). The van der Waals surface area contributed by atoms with Gasteiger partial charge in [0.15, 0.2) is 0 Å². The molecule has 0 saturated heterocycles. The fraction of sp³-hybridized carbons (Fsp3) is 0.545. The molecule has 1 fully saturated rings. The molecule has 0 aliphatic heterocycles. The Balaban J connectivity index is 2.05. The Labute approximate surface area is 197 Å². The molecular formula is C22H30ClFN4O5. The third-order valence-corrected chi connectivity index (χ3v) is 5.58. The predicted octanol–water partition coefficient (Wildman–Crippen LogP) is 2.52.